The molecule has 0 fully saturated rings. The van der Waals surface area contributed by atoms with Gasteiger partial charge >= 0.3 is 0 Å². The largest absolute Gasteiger partial charge is 0.495 e. The number of ether oxygens (including phenoxy) is 1. The molecule has 0 aliphatic rings. The lowest BCUT2D eigenvalue weighted by molar-refractivity contribution is 0.415. The normalized spacial score (nSPS) is 10.5. The zero-order chi connectivity index (χ0) is 15.4. The Kier molecular flexibility index (Phi) is 4.61. The molecule has 0 aliphatic heterocycles. The molecule has 0 spiro atoms. The standard InChI is InChI=1S/C17H15ClN2OS/c1-21-16-8-7-13(9-15(16)18)19-10-14-11-22-17(20-14)12-5-3-2-4-6-12/h2-9,11,19H,10H2,1H3. The van der Waals surface area contributed by atoms with Crippen LogP contribution in [0.1, 0.15) is 5.69 Å². The number of rotatable bonds is 5. The van der Waals surface area contributed by atoms with Gasteiger partial charge in [-0.05, 0) is 18.2 Å². The van der Waals surface area contributed by atoms with Crippen LogP contribution in [-0.4, -0.2) is 12.1 Å². The lowest BCUT2D eigenvalue weighted by Crippen LogP contribution is -1.99. The van der Waals surface area contributed by atoms with E-state index in [9.17, 15) is 0 Å². The smallest absolute Gasteiger partial charge is 0.137 e. The van der Waals surface area contributed by atoms with Crippen LogP contribution in [-0.2, 0) is 6.54 Å². The van der Waals surface area contributed by atoms with Crippen LogP contribution in [0.25, 0.3) is 10.6 Å². The highest BCUT2D eigenvalue weighted by Crippen LogP contribution is 2.28. The zero-order valence-electron chi connectivity index (χ0n) is 12.0. The van der Waals surface area contributed by atoms with Gasteiger partial charge in [-0.2, -0.15) is 0 Å². The highest BCUT2D eigenvalue weighted by molar-refractivity contribution is 7.13. The minimum absolute atomic E-state index is 0.593. The predicted octanol–water partition coefficient (Wildman–Crippen LogP) is 5.08. The van der Waals surface area contributed by atoms with Gasteiger partial charge in [-0.25, -0.2) is 4.98 Å². The van der Waals surface area contributed by atoms with Gasteiger partial charge in [-0.1, -0.05) is 41.9 Å². The molecule has 0 bridgehead atoms. The number of nitrogens with one attached hydrogen (secondary N) is 1. The lowest BCUT2D eigenvalue weighted by atomic mass is 10.2. The summed E-state index contributed by atoms with van der Waals surface area (Å²) >= 11 is 7.77. The fourth-order valence-electron chi connectivity index (χ4n) is 2.07. The molecule has 5 heteroatoms. The van der Waals surface area contributed by atoms with Crippen molar-refractivity contribution in [3.8, 4) is 16.3 Å². The first-order chi connectivity index (χ1) is 10.8. The topological polar surface area (TPSA) is 34.1 Å². The maximum atomic E-state index is 6.12. The molecule has 22 heavy (non-hydrogen) atoms. The van der Waals surface area contributed by atoms with Gasteiger partial charge in [0, 0.05) is 16.6 Å². The molecule has 3 nitrogen and oxygen atoms in total. The molecule has 1 heterocycles. The molecule has 2 aromatic carbocycles. The van der Waals surface area contributed by atoms with Gasteiger partial charge in [0.1, 0.15) is 10.8 Å². The number of hydrogen-bond donors (Lipinski definition) is 1. The maximum Gasteiger partial charge on any atom is 0.137 e. The molecular formula is C17H15ClN2OS. The van der Waals surface area contributed by atoms with Crippen molar-refractivity contribution in [1.82, 2.24) is 4.98 Å². The van der Waals surface area contributed by atoms with Crippen molar-refractivity contribution in [2.75, 3.05) is 12.4 Å². The Hall–Kier alpha value is -2.04. The summed E-state index contributed by atoms with van der Waals surface area (Å²) in [7, 11) is 1.61. The van der Waals surface area contributed by atoms with E-state index in [1.165, 1.54) is 0 Å². The van der Waals surface area contributed by atoms with Crippen LogP contribution in [0.5, 0.6) is 5.75 Å². The maximum absolute atomic E-state index is 6.12. The van der Waals surface area contributed by atoms with E-state index < -0.39 is 0 Å². The summed E-state index contributed by atoms with van der Waals surface area (Å²) in [6.07, 6.45) is 0. The quantitative estimate of drug-likeness (QED) is 0.708. The van der Waals surface area contributed by atoms with Gasteiger partial charge in [0.2, 0.25) is 0 Å². The molecule has 0 unspecified atom stereocenters. The molecule has 1 N–H and O–H groups in total. The number of benzene rings is 2. The van der Waals surface area contributed by atoms with E-state index in [0.717, 1.165) is 22.0 Å². The van der Waals surface area contributed by atoms with E-state index in [0.29, 0.717) is 17.3 Å². The van der Waals surface area contributed by atoms with E-state index in [-0.39, 0.29) is 0 Å². The number of anilines is 1. The Labute approximate surface area is 138 Å². The monoisotopic (exact) mass is 330 g/mol. The number of thiazole rings is 1. The first-order valence-corrected chi connectivity index (χ1v) is 8.09. The summed E-state index contributed by atoms with van der Waals surface area (Å²) in [5.74, 6) is 0.673. The van der Waals surface area contributed by atoms with E-state index in [2.05, 4.69) is 27.8 Å². The fraction of sp³-hybridized carbons (Fsp3) is 0.118. The average molecular weight is 331 g/mol. The predicted molar refractivity (Wildman–Crippen MR) is 92.9 cm³/mol. The highest BCUT2D eigenvalue weighted by Gasteiger charge is 2.05. The molecule has 3 aromatic rings. The first kappa shape index (κ1) is 14.9. The third-order valence-corrected chi connectivity index (χ3v) is 4.43. The Morgan fingerprint density at radius 2 is 2.00 bits per heavy atom. The first-order valence-electron chi connectivity index (χ1n) is 6.83. The Morgan fingerprint density at radius 1 is 1.18 bits per heavy atom. The number of nitrogens with zero attached hydrogens (tertiary/aromatic N) is 1. The SMILES string of the molecule is COc1ccc(NCc2csc(-c3ccccc3)n2)cc1Cl. The Balaban J connectivity index is 1.67. The van der Waals surface area contributed by atoms with Crippen molar-refractivity contribution < 1.29 is 4.74 Å². The molecule has 112 valence electrons. The third kappa shape index (κ3) is 3.40. The second kappa shape index (κ2) is 6.81. The lowest BCUT2D eigenvalue weighted by Gasteiger charge is -2.07. The summed E-state index contributed by atoms with van der Waals surface area (Å²) in [6, 6.07) is 15.8. The van der Waals surface area contributed by atoms with Gasteiger partial charge < -0.3 is 10.1 Å². The third-order valence-electron chi connectivity index (χ3n) is 3.20. The van der Waals surface area contributed by atoms with E-state index in [1.807, 2.05) is 36.4 Å². The molecule has 0 atom stereocenters. The summed E-state index contributed by atoms with van der Waals surface area (Å²) in [6.45, 7) is 0.659. The van der Waals surface area contributed by atoms with E-state index in [1.54, 1.807) is 18.4 Å². The van der Waals surface area contributed by atoms with Crippen molar-refractivity contribution in [3.05, 3.63) is 64.6 Å². The van der Waals surface area contributed by atoms with Gasteiger partial charge in [-0.15, -0.1) is 11.3 Å². The number of aromatic nitrogens is 1. The van der Waals surface area contributed by atoms with Crippen molar-refractivity contribution in [2.24, 2.45) is 0 Å². The van der Waals surface area contributed by atoms with Crippen LogP contribution in [0.3, 0.4) is 0 Å². The van der Waals surface area contributed by atoms with Crippen molar-refractivity contribution in [2.45, 2.75) is 6.54 Å². The van der Waals surface area contributed by atoms with Crippen LogP contribution in [0.2, 0.25) is 5.02 Å². The molecule has 0 saturated carbocycles. The molecular weight excluding hydrogens is 316 g/mol. The van der Waals surface area contributed by atoms with Crippen LogP contribution in [0.4, 0.5) is 5.69 Å². The molecule has 0 saturated heterocycles. The molecule has 1 aromatic heterocycles. The fourth-order valence-corrected chi connectivity index (χ4v) is 3.15. The van der Waals surface area contributed by atoms with E-state index >= 15 is 0 Å². The van der Waals surface area contributed by atoms with Gasteiger partial charge in [0.05, 0.1) is 24.4 Å². The molecule has 0 radical (unpaired) electrons. The van der Waals surface area contributed by atoms with E-state index in [4.69, 9.17) is 16.3 Å². The highest BCUT2D eigenvalue weighted by atomic mass is 35.5. The van der Waals surface area contributed by atoms with Crippen molar-refractivity contribution in [3.63, 3.8) is 0 Å². The second-order valence-corrected chi connectivity index (χ2v) is 5.98. The molecule has 3 rings (SSSR count). The minimum Gasteiger partial charge on any atom is -0.495 e. The summed E-state index contributed by atoms with van der Waals surface area (Å²) in [4.78, 5) is 4.65. The zero-order valence-corrected chi connectivity index (χ0v) is 13.6. The van der Waals surface area contributed by atoms with Gasteiger partial charge in [0.25, 0.3) is 0 Å². The summed E-state index contributed by atoms with van der Waals surface area (Å²) in [5.41, 5.74) is 3.10. The molecule has 0 amide bonds. The average Bonchev–Trinajstić information content (AvgIpc) is 3.03. The number of hydrogen-bond acceptors (Lipinski definition) is 4. The number of methoxy groups -OCH3 is 1. The Morgan fingerprint density at radius 3 is 2.73 bits per heavy atom. The number of halogens is 1. The van der Waals surface area contributed by atoms with Crippen LogP contribution in [0, 0.1) is 0 Å². The summed E-state index contributed by atoms with van der Waals surface area (Å²) in [5, 5.41) is 7.02. The van der Waals surface area contributed by atoms with Crippen molar-refractivity contribution in [1.29, 1.82) is 0 Å². The minimum atomic E-state index is 0.593. The second-order valence-electron chi connectivity index (χ2n) is 4.71. The molecule has 0 aliphatic carbocycles. The van der Waals surface area contributed by atoms with Crippen LogP contribution in [0.15, 0.2) is 53.9 Å². The van der Waals surface area contributed by atoms with Gasteiger partial charge in [-0.3, -0.25) is 0 Å². The van der Waals surface area contributed by atoms with Crippen LogP contribution < -0.4 is 10.1 Å². The van der Waals surface area contributed by atoms with Crippen molar-refractivity contribution >= 4 is 28.6 Å². The summed E-state index contributed by atoms with van der Waals surface area (Å²) < 4.78 is 5.14. The van der Waals surface area contributed by atoms with Gasteiger partial charge in [0.15, 0.2) is 0 Å². The van der Waals surface area contributed by atoms with Crippen LogP contribution >= 0.6 is 22.9 Å². The Bertz CT molecular complexity index is 758.